The fourth-order valence-corrected chi connectivity index (χ4v) is 1.48. The molecule has 1 heterocycles. The summed E-state index contributed by atoms with van der Waals surface area (Å²) < 4.78 is 6.48. The molecule has 0 unspecified atom stereocenters. The van der Waals surface area contributed by atoms with Crippen LogP contribution in [0.15, 0.2) is 36.7 Å². The maximum Gasteiger partial charge on any atom is 0.409 e. The van der Waals surface area contributed by atoms with Gasteiger partial charge in [0.2, 0.25) is 0 Å². The molecule has 0 saturated heterocycles. The number of anilines is 1. The zero-order chi connectivity index (χ0) is 12.3. The molecule has 0 radical (unpaired) electrons. The zero-order valence-corrected chi connectivity index (χ0v) is 9.04. The van der Waals surface area contributed by atoms with Crippen LogP contribution in [0.3, 0.4) is 0 Å². The minimum atomic E-state index is -0.828. The molecule has 0 aliphatic rings. The monoisotopic (exact) mass is 232 g/mol. The summed E-state index contributed by atoms with van der Waals surface area (Å²) >= 11 is 0. The van der Waals surface area contributed by atoms with Crippen LogP contribution < -0.4 is 16.2 Å². The van der Waals surface area contributed by atoms with Crippen LogP contribution in [0.5, 0.6) is 5.75 Å². The van der Waals surface area contributed by atoms with E-state index in [1.54, 1.807) is 35.3 Å². The van der Waals surface area contributed by atoms with Crippen molar-refractivity contribution in [3.8, 4) is 5.75 Å². The van der Waals surface area contributed by atoms with E-state index in [0.717, 1.165) is 5.56 Å². The first kappa shape index (κ1) is 11.0. The Morgan fingerprint density at radius 1 is 1.47 bits per heavy atom. The van der Waals surface area contributed by atoms with Crippen molar-refractivity contribution >= 4 is 11.8 Å². The lowest BCUT2D eigenvalue weighted by Crippen LogP contribution is -2.16. The predicted molar refractivity (Wildman–Crippen MR) is 62.4 cm³/mol. The van der Waals surface area contributed by atoms with Gasteiger partial charge >= 0.3 is 6.09 Å². The maximum absolute atomic E-state index is 10.6. The molecule has 0 bridgehead atoms. The van der Waals surface area contributed by atoms with Gasteiger partial charge in [0.15, 0.2) is 0 Å². The Morgan fingerprint density at radius 3 is 2.94 bits per heavy atom. The lowest BCUT2D eigenvalue weighted by Gasteiger charge is -2.04. The molecule has 6 nitrogen and oxygen atoms in total. The Hall–Kier alpha value is -2.50. The Kier molecular flexibility index (Phi) is 2.95. The number of hydrogen-bond acceptors (Lipinski definition) is 4. The fourth-order valence-electron chi connectivity index (χ4n) is 1.48. The second-order valence-corrected chi connectivity index (χ2v) is 3.54. The van der Waals surface area contributed by atoms with Gasteiger partial charge in [-0.05, 0) is 17.7 Å². The van der Waals surface area contributed by atoms with E-state index in [1.807, 2.05) is 6.07 Å². The molecule has 0 spiro atoms. The average molecular weight is 232 g/mol. The Balaban J connectivity index is 2.13. The van der Waals surface area contributed by atoms with Crippen LogP contribution in [0.1, 0.15) is 5.56 Å². The Bertz CT molecular complexity index is 536. The number of ether oxygens (including phenoxy) is 1. The third kappa shape index (κ3) is 2.97. The van der Waals surface area contributed by atoms with Gasteiger partial charge in [-0.15, -0.1) is 0 Å². The molecule has 2 rings (SSSR count). The molecule has 17 heavy (non-hydrogen) atoms. The van der Waals surface area contributed by atoms with Crippen molar-refractivity contribution in [2.45, 2.75) is 6.54 Å². The van der Waals surface area contributed by atoms with Crippen molar-refractivity contribution < 1.29 is 9.53 Å². The predicted octanol–water partition coefficient (Wildman–Crippen LogP) is 0.971. The van der Waals surface area contributed by atoms with Gasteiger partial charge < -0.3 is 16.2 Å². The standard InChI is InChI=1S/C11H12N4O2/c12-9-5-14-15(7-9)6-8-2-1-3-10(4-8)17-11(13)16/h1-5,7H,6,12H2,(H2,13,16). The molecule has 0 aliphatic carbocycles. The topological polar surface area (TPSA) is 96.2 Å². The number of benzene rings is 1. The summed E-state index contributed by atoms with van der Waals surface area (Å²) in [6.07, 6.45) is 2.47. The van der Waals surface area contributed by atoms with E-state index in [4.69, 9.17) is 16.2 Å². The minimum absolute atomic E-state index is 0.412. The molecule has 1 aromatic carbocycles. The smallest absolute Gasteiger partial charge is 0.409 e. The number of carbonyl (C=O) groups excluding carboxylic acids is 1. The van der Waals surface area contributed by atoms with Crippen molar-refractivity contribution in [3.05, 3.63) is 42.2 Å². The molecule has 4 N–H and O–H groups in total. The van der Waals surface area contributed by atoms with Crippen LogP contribution >= 0.6 is 0 Å². The zero-order valence-electron chi connectivity index (χ0n) is 9.04. The van der Waals surface area contributed by atoms with Crippen molar-refractivity contribution in [2.75, 3.05) is 5.73 Å². The Morgan fingerprint density at radius 2 is 2.29 bits per heavy atom. The molecule has 1 amide bonds. The first-order chi connectivity index (χ1) is 8.13. The van der Waals surface area contributed by atoms with Crippen molar-refractivity contribution in [1.82, 2.24) is 9.78 Å². The van der Waals surface area contributed by atoms with Gasteiger partial charge in [-0.1, -0.05) is 12.1 Å². The number of hydrogen-bond donors (Lipinski definition) is 2. The maximum atomic E-state index is 10.6. The van der Waals surface area contributed by atoms with Gasteiger partial charge in [-0.25, -0.2) is 4.79 Å². The van der Waals surface area contributed by atoms with Crippen LogP contribution in [0, 0.1) is 0 Å². The average Bonchev–Trinajstić information content (AvgIpc) is 2.63. The lowest BCUT2D eigenvalue weighted by atomic mass is 10.2. The van der Waals surface area contributed by atoms with Gasteiger partial charge in [0.05, 0.1) is 18.4 Å². The molecule has 1 aromatic heterocycles. The fraction of sp³-hybridized carbons (Fsp3) is 0.0909. The molecular formula is C11H12N4O2. The van der Waals surface area contributed by atoms with E-state index in [1.165, 1.54) is 0 Å². The highest BCUT2D eigenvalue weighted by molar-refractivity contribution is 5.68. The van der Waals surface area contributed by atoms with Crippen molar-refractivity contribution in [3.63, 3.8) is 0 Å². The van der Waals surface area contributed by atoms with Crippen LogP contribution in [0.4, 0.5) is 10.5 Å². The summed E-state index contributed by atoms with van der Waals surface area (Å²) in [5.74, 6) is 0.412. The second kappa shape index (κ2) is 4.56. The second-order valence-electron chi connectivity index (χ2n) is 3.54. The summed E-state index contributed by atoms with van der Waals surface area (Å²) in [5.41, 5.74) is 12.0. The van der Waals surface area contributed by atoms with E-state index >= 15 is 0 Å². The Labute approximate surface area is 97.8 Å². The lowest BCUT2D eigenvalue weighted by molar-refractivity contribution is 0.211. The first-order valence-electron chi connectivity index (χ1n) is 4.97. The van der Waals surface area contributed by atoms with Gasteiger partial charge in [0, 0.05) is 6.20 Å². The third-order valence-corrected chi connectivity index (χ3v) is 2.11. The van der Waals surface area contributed by atoms with E-state index in [9.17, 15) is 4.79 Å². The summed E-state index contributed by atoms with van der Waals surface area (Å²) in [4.78, 5) is 10.6. The van der Waals surface area contributed by atoms with Crippen LogP contribution in [0.25, 0.3) is 0 Å². The number of rotatable bonds is 3. The minimum Gasteiger partial charge on any atom is -0.410 e. The van der Waals surface area contributed by atoms with E-state index in [2.05, 4.69) is 5.10 Å². The van der Waals surface area contributed by atoms with E-state index in [-0.39, 0.29) is 0 Å². The SMILES string of the molecule is NC(=O)Oc1cccc(Cn2cc(N)cn2)c1. The molecule has 6 heteroatoms. The molecule has 0 aliphatic heterocycles. The molecule has 0 saturated carbocycles. The molecule has 0 fully saturated rings. The highest BCUT2D eigenvalue weighted by atomic mass is 16.5. The van der Waals surface area contributed by atoms with Gasteiger partial charge in [0.25, 0.3) is 0 Å². The summed E-state index contributed by atoms with van der Waals surface area (Å²) in [6.45, 7) is 0.549. The summed E-state index contributed by atoms with van der Waals surface area (Å²) in [6, 6.07) is 7.06. The number of nitrogen functional groups attached to an aromatic ring is 1. The van der Waals surface area contributed by atoms with Crippen LogP contribution in [-0.2, 0) is 6.54 Å². The van der Waals surface area contributed by atoms with E-state index < -0.39 is 6.09 Å². The highest BCUT2D eigenvalue weighted by Gasteiger charge is 2.01. The highest BCUT2D eigenvalue weighted by Crippen LogP contribution is 2.14. The van der Waals surface area contributed by atoms with Crippen LogP contribution in [-0.4, -0.2) is 15.9 Å². The molecular weight excluding hydrogens is 220 g/mol. The van der Waals surface area contributed by atoms with Crippen LogP contribution in [0.2, 0.25) is 0 Å². The number of primary amides is 1. The molecule has 88 valence electrons. The van der Waals surface area contributed by atoms with Crippen molar-refractivity contribution in [2.24, 2.45) is 5.73 Å². The normalized spacial score (nSPS) is 10.1. The molecule has 2 aromatic rings. The number of nitrogens with two attached hydrogens (primary N) is 2. The number of carbonyl (C=O) groups is 1. The molecule has 0 atom stereocenters. The van der Waals surface area contributed by atoms with Gasteiger partial charge in [-0.3, -0.25) is 4.68 Å². The third-order valence-electron chi connectivity index (χ3n) is 2.11. The number of aromatic nitrogens is 2. The van der Waals surface area contributed by atoms with Gasteiger partial charge in [0.1, 0.15) is 5.75 Å². The summed E-state index contributed by atoms with van der Waals surface area (Å²) in [7, 11) is 0. The largest absolute Gasteiger partial charge is 0.410 e. The first-order valence-corrected chi connectivity index (χ1v) is 4.97. The van der Waals surface area contributed by atoms with Crippen molar-refractivity contribution in [1.29, 1.82) is 0 Å². The number of amides is 1. The summed E-state index contributed by atoms with van der Waals surface area (Å²) in [5, 5.41) is 4.06. The number of nitrogens with zero attached hydrogens (tertiary/aromatic N) is 2. The van der Waals surface area contributed by atoms with E-state index in [0.29, 0.717) is 18.0 Å². The quantitative estimate of drug-likeness (QED) is 0.824. The van der Waals surface area contributed by atoms with Gasteiger partial charge in [-0.2, -0.15) is 5.10 Å².